The first kappa shape index (κ1) is 10.9. The molecule has 76 valence electrons. The van der Waals surface area contributed by atoms with Gasteiger partial charge in [-0.2, -0.15) is 0 Å². The SMILES string of the molecule is CCC1[I-]OC(=O)CC1[C@H](C)C=O. The van der Waals surface area contributed by atoms with Gasteiger partial charge in [-0.3, -0.25) is 0 Å². The van der Waals surface area contributed by atoms with Gasteiger partial charge >= 0.3 is 89.0 Å². The summed E-state index contributed by atoms with van der Waals surface area (Å²) in [7, 11) is 0. The van der Waals surface area contributed by atoms with E-state index in [1.165, 1.54) is 0 Å². The molecule has 0 aromatic heterocycles. The normalized spacial score (nSPS) is 31.4. The van der Waals surface area contributed by atoms with Gasteiger partial charge in [0, 0.05) is 0 Å². The van der Waals surface area contributed by atoms with Gasteiger partial charge in [0.15, 0.2) is 0 Å². The maximum absolute atomic E-state index is 11.0. The van der Waals surface area contributed by atoms with Crippen LogP contribution in [0, 0.1) is 11.8 Å². The molecule has 1 aliphatic heterocycles. The van der Waals surface area contributed by atoms with Crippen LogP contribution in [0.25, 0.3) is 0 Å². The molecule has 0 aromatic rings. The van der Waals surface area contributed by atoms with Crippen LogP contribution in [-0.4, -0.2) is 16.2 Å². The van der Waals surface area contributed by atoms with Gasteiger partial charge in [0.2, 0.25) is 0 Å². The third-order valence-electron chi connectivity index (χ3n) is 2.39. The zero-order valence-corrected chi connectivity index (χ0v) is 9.98. The molecule has 0 aliphatic carbocycles. The van der Waals surface area contributed by atoms with Crippen molar-refractivity contribution in [2.75, 3.05) is 0 Å². The summed E-state index contributed by atoms with van der Waals surface area (Å²) in [5.74, 6) is 0.116. The maximum atomic E-state index is 11.0. The summed E-state index contributed by atoms with van der Waals surface area (Å²) in [6.45, 7) is 3.98. The number of rotatable bonds is 3. The fraction of sp³-hybridized carbons (Fsp3) is 0.778. The minimum atomic E-state index is -0.480. The Kier molecular flexibility index (Phi) is 4.15. The van der Waals surface area contributed by atoms with Crippen molar-refractivity contribution in [2.45, 2.75) is 30.6 Å². The Labute approximate surface area is 89.0 Å². The van der Waals surface area contributed by atoms with Gasteiger partial charge in [0.25, 0.3) is 0 Å². The number of hydrogen-bond acceptors (Lipinski definition) is 3. The van der Waals surface area contributed by atoms with E-state index >= 15 is 0 Å². The third kappa shape index (κ3) is 2.65. The molecule has 3 atom stereocenters. The molecule has 1 fully saturated rings. The van der Waals surface area contributed by atoms with Crippen molar-refractivity contribution in [1.82, 2.24) is 0 Å². The van der Waals surface area contributed by atoms with E-state index in [0.29, 0.717) is 10.3 Å². The second kappa shape index (κ2) is 4.93. The molecule has 0 N–H and O–H groups in total. The van der Waals surface area contributed by atoms with Crippen LogP contribution in [0.3, 0.4) is 0 Å². The van der Waals surface area contributed by atoms with Crippen LogP contribution < -0.4 is 21.6 Å². The van der Waals surface area contributed by atoms with Crippen molar-refractivity contribution in [2.24, 2.45) is 11.8 Å². The summed E-state index contributed by atoms with van der Waals surface area (Å²) in [6.07, 6.45) is 2.40. The molecular weight excluding hydrogens is 283 g/mol. The Morgan fingerprint density at radius 1 is 1.77 bits per heavy atom. The molecule has 1 saturated heterocycles. The van der Waals surface area contributed by atoms with E-state index in [0.717, 1.165) is 12.7 Å². The van der Waals surface area contributed by atoms with Gasteiger partial charge in [-0.25, -0.2) is 0 Å². The van der Waals surface area contributed by atoms with E-state index < -0.39 is 21.6 Å². The van der Waals surface area contributed by atoms with Crippen LogP contribution in [0.2, 0.25) is 0 Å². The molecule has 0 saturated carbocycles. The van der Waals surface area contributed by atoms with Crippen molar-refractivity contribution in [3.8, 4) is 0 Å². The Morgan fingerprint density at radius 3 is 3.00 bits per heavy atom. The average Bonchev–Trinajstić information content (AvgIpc) is 2.16. The monoisotopic (exact) mass is 297 g/mol. The summed E-state index contributed by atoms with van der Waals surface area (Å²) in [5.41, 5.74) is 0. The van der Waals surface area contributed by atoms with Crippen LogP contribution in [-0.2, 0) is 12.7 Å². The van der Waals surface area contributed by atoms with Gasteiger partial charge in [-0.1, -0.05) is 0 Å². The molecule has 1 heterocycles. The molecule has 3 nitrogen and oxygen atoms in total. The van der Waals surface area contributed by atoms with Crippen LogP contribution in [0.4, 0.5) is 0 Å². The van der Waals surface area contributed by atoms with Crippen LogP contribution in [0.1, 0.15) is 26.7 Å². The first-order chi connectivity index (χ1) is 6.19. The quantitative estimate of drug-likeness (QED) is 0.350. The molecule has 13 heavy (non-hydrogen) atoms. The van der Waals surface area contributed by atoms with Gasteiger partial charge < -0.3 is 0 Å². The fourth-order valence-corrected chi connectivity index (χ4v) is 3.94. The summed E-state index contributed by atoms with van der Waals surface area (Å²) < 4.78 is 5.53. The number of carbonyl (C=O) groups excluding carboxylic acids is 2. The van der Waals surface area contributed by atoms with Crippen LogP contribution in [0.15, 0.2) is 0 Å². The zero-order valence-electron chi connectivity index (χ0n) is 7.83. The Balaban J connectivity index is 2.64. The fourth-order valence-electron chi connectivity index (χ4n) is 1.51. The van der Waals surface area contributed by atoms with E-state index in [-0.39, 0.29) is 17.8 Å². The average molecular weight is 297 g/mol. The zero-order chi connectivity index (χ0) is 9.84. The van der Waals surface area contributed by atoms with Crippen LogP contribution >= 0.6 is 0 Å². The Bertz CT molecular complexity index is 205. The topological polar surface area (TPSA) is 43.4 Å². The third-order valence-corrected chi connectivity index (χ3v) is 5.60. The van der Waals surface area contributed by atoms with Crippen molar-refractivity contribution in [1.29, 1.82) is 0 Å². The van der Waals surface area contributed by atoms with Crippen LogP contribution in [0.5, 0.6) is 0 Å². The first-order valence-electron chi connectivity index (χ1n) is 4.47. The van der Waals surface area contributed by atoms with Gasteiger partial charge in [-0.05, 0) is 0 Å². The van der Waals surface area contributed by atoms with E-state index in [9.17, 15) is 9.59 Å². The number of aldehydes is 1. The molecule has 0 bridgehead atoms. The van der Waals surface area contributed by atoms with Crippen molar-refractivity contribution >= 4 is 12.3 Å². The molecule has 0 radical (unpaired) electrons. The molecule has 0 spiro atoms. The molecule has 1 aliphatic rings. The van der Waals surface area contributed by atoms with Crippen molar-refractivity contribution in [3.63, 3.8) is 0 Å². The summed E-state index contributed by atoms with van der Waals surface area (Å²) in [4.78, 5) is 21.7. The predicted molar refractivity (Wildman–Crippen MR) is 43.5 cm³/mol. The summed E-state index contributed by atoms with van der Waals surface area (Å²) in [5, 5.41) is 0. The van der Waals surface area contributed by atoms with E-state index in [4.69, 9.17) is 3.07 Å². The predicted octanol–water partition coefficient (Wildman–Crippen LogP) is -1.83. The van der Waals surface area contributed by atoms with Gasteiger partial charge in [0.1, 0.15) is 0 Å². The summed E-state index contributed by atoms with van der Waals surface area (Å²) >= 11 is -0.480. The standard InChI is InChI=1S/C9H14IO3/c1-3-8-7(6(2)5-11)4-9(12)13-10-8/h5-8H,3-4H2,1-2H3/q-1/t6-,7?,8?/m1/s1. The Morgan fingerprint density at radius 2 is 2.46 bits per heavy atom. The Hall–Kier alpha value is -0.130. The van der Waals surface area contributed by atoms with Crippen molar-refractivity contribution < 1.29 is 34.3 Å². The van der Waals surface area contributed by atoms with E-state index in [1.807, 2.05) is 6.92 Å². The molecular formula is C9H14IO3-. The number of halogens is 1. The minimum absolute atomic E-state index is 0.00231. The first-order valence-corrected chi connectivity index (χ1v) is 6.60. The summed E-state index contributed by atoms with van der Waals surface area (Å²) in [6, 6.07) is 0. The molecule has 2 unspecified atom stereocenters. The van der Waals surface area contributed by atoms with E-state index in [1.54, 1.807) is 0 Å². The second-order valence-corrected chi connectivity index (χ2v) is 5.87. The van der Waals surface area contributed by atoms with Gasteiger partial charge in [-0.15, -0.1) is 0 Å². The van der Waals surface area contributed by atoms with Crippen molar-refractivity contribution in [3.05, 3.63) is 0 Å². The molecule has 0 aromatic carbocycles. The van der Waals surface area contributed by atoms with E-state index in [2.05, 4.69) is 6.92 Å². The molecule has 1 rings (SSSR count). The number of carbonyl (C=O) groups is 2. The second-order valence-electron chi connectivity index (χ2n) is 3.33. The molecule has 0 amide bonds. The van der Waals surface area contributed by atoms with Gasteiger partial charge in [0.05, 0.1) is 0 Å². The molecule has 4 heteroatoms. The number of hydrogen-bond donors (Lipinski definition) is 0. The number of alkyl halides is 1.